The molecule has 0 fully saturated rings. The SMILES string of the molecule is Cc1cccc(NC(=O)CN(C)C(=O)c2cccc(C)c2NC(=O)c2ccccc2F)n1. The number of carbonyl (C=O) groups is 3. The van der Waals surface area contributed by atoms with Crippen LogP contribution in [0.1, 0.15) is 32.0 Å². The molecule has 3 rings (SSSR count). The second-order valence-corrected chi connectivity index (χ2v) is 7.31. The number of para-hydroxylation sites is 1. The summed E-state index contributed by atoms with van der Waals surface area (Å²) in [5, 5.41) is 5.28. The van der Waals surface area contributed by atoms with Crippen molar-refractivity contribution in [2.45, 2.75) is 13.8 Å². The number of halogens is 1. The smallest absolute Gasteiger partial charge is 0.258 e. The van der Waals surface area contributed by atoms with Crippen molar-refractivity contribution in [2.75, 3.05) is 24.2 Å². The number of carbonyl (C=O) groups excluding carboxylic acids is 3. The lowest BCUT2D eigenvalue weighted by Crippen LogP contribution is -2.35. The number of aryl methyl sites for hydroxylation is 2. The van der Waals surface area contributed by atoms with Crippen molar-refractivity contribution in [3.05, 3.63) is 88.9 Å². The molecule has 2 N–H and O–H groups in total. The number of rotatable bonds is 6. The normalized spacial score (nSPS) is 10.4. The van der Waals surface area contributed by atoms with Crippen LogP contribution in [-0.4, -0.2) is 41.2 Å². The second kappa shape index (κ2) is 9.82. The number of anilines is 2. The number of pyridine rings is 1. The van der Waals surface area contributed by atoms with Gasteiger partial charge in [0.1, 0.15) is 11.6 Å². The van der Waals surface area contributed by atoms with E-state index < -0.39 is 23.5 Å². The third-order valence-electron chi connectivity index (χ3n) is 4.74. The minimum atomic E-state index is -0.669. The number of benzene rings is 2. The Labute approximate surface area is 185 Å². The Balaban J connectivity index is 1.76. The Bertz CT molecular complexity index is 1180. The first kappa shape index (κ1) is 22.6. The maximum atomic E-state index is 14.0. The fraction of sp³-hybridized carbons (Fsp3) is 0.167. The number of nitrogens with one attached hydrogen (secondary N) is 2. The second-order valence-electron chi connectivity index (χ2n) is 7.31. The van der Waals surface area contributed by atoms with Crippen molar-refractivity contribution in [1.29, 1.82) is 0 Å². The van der Waals surface area contributed by atoms with E-state index in [-0.39, 0.29) is 23.4 Å². The summed E-state index contributed by atoms with van der Waals surface area (Å²) in [4.78, 5) is 43.4. The lowest BCUT2D eigenvalue weighted by atomic mass is 10.1. The van der Waals surface area contributed by atoms with E-state index in [1.54, 1.807) is 56.3 Å². The van der Waals surface area contributed by atoms with Gasteiger partial charge in [0.2, 0.25) is 5.91 Å². The van der Waals surface area contributed by atoms with E-state index in [2.05, 4.69) is 15.6 Å². The molecule has 2 aromatic carbocycles. The summed E-state index contributed by atoms with van der Waals surface area (Å²) in [5.41, 5.74) is 1.70. The summed E-state index contributed by atoms with van der Waals surface area (Å²) in [6, 6.07) is 15.8. The summed E-state index contributed by atoms with van der Waals surface area (Å²) in [6.07, 6.45) is 0. The van der Waals surface area contributed by atoms with Crippen LogP contribution in [-0.2, 0) is 4.79 Å². The minimum absolute atomic E-state index is 0.132. The highest BCUT2D eigenvalue weighted by Crippen LogP contribution is 2.23. The van der Waals surface area contributed by atoms with Gasteiger partial charge < -0.3 is 15.5 Å². The summed E-state index contributed by atoms with van der Waals surface area (Å²) in [6.45, 7) is 3.31. The fourth-order valence-electron chi connectivity index (χ4n) is 3.13. The topological polar surface area (TPSA) is 91.4 Å². The van der Waals surface area contributed by atoms with Crippen molar-refractivity contribution < 1.29 is 18.8 Å². The Morgan fingerprint density at radius 1 is 0.906 bits per heavy atom. The third-order valence-corrected chi connectivity index (χ3v) is 4.74. The Morgan fingerprint density at radius 2 is 1.59 bits per heavy atom. The largest absolute Gasteiger partial charge is 0.332 e. The lowest BCUT2D eigenvalue weighted by Gasteiger charge is -2.20. The molecule has 164 valence electrons. The Hall–Kier alpha value is -4.07. The molecule has 0 radical (unpaired) electrons. The molecule has 32 heavy (non-hydrogen) atoms. The van der Waals surface area contributed by atoms with Gasteiger partial charge in [0.15, 0.2) is 0 Å². The van der Waals surface area contributed by atoms with Crippen LogP contribution in [0, 0.1) is 19.7 Å². The summed E-state index contributed by atoms with van der Waals surface area (Å²) in [7, 11) is 1.48. The van der Waals surface area contributed by atoms with Crippen LogP contribution in [0.15, 0.2) is 60.7 Å². The molecule has 0 spiro atoms. The number of aromatic nitrogens is 1. The summed E-state index contributed by atoms with van der Waals surface area (Å²) >= 11 is 0. The van der Waals surface area contributed by atoms with E-state index in [1.807, 2.05) is 0 Å². The van der Waals surface area contributed by atoms with E-state index in [0.29, 0.717) is 11.4 Å². The molecule has 1 aromatic heterocycles. The molecule has 1 heterocycles. The monoisotopic (exact) mass is 434 g/mol. The van der Waals surface area contributed by atoms with E-state index in [0.717, 1.165) is 5.69 Å². The number of amides is 3. The van der Waals surface area contributed by atoms with Gasteiger partial charge in [-0.2, -0.15) is 0 Å². The molecule has 0 aliphatic carbocycles. The standard InChI is InChI=1S/C24H23FN4O3/c1-15-8-6-11-18(22(15)28-23(31)17-10-4-5-12-19(17)25)24(32)29(3)14-21(30)27-20-13-7-9-16(2)26-20/h4-13H,14H2,1-3H3,(H,28,31)(H,26,27,30). The molecule has 0 aliphatic rings. The highest BCUT2D eigenvalue weighted by atomic mass is 19.1. The molecular weight excluding hydrogens is 411 g/mol. The van der Waals surface area contributed by atoms with Crippen LogP contribution >= 0.6 is 0 Å². The maximum absolute atomic E-state index is 14.0. The van der Waals surface area contributed by atoms with E-state index in [4.69, 9.17) is 0 Å². The Kier molecular flexibility index (Phi) is 6.94. The van der Waals surface area contributed by atoms with Crippen LogP contribution in [0.25, 0.3) is 0 Å². The van der Waals surface area contributed by atoms with Gasteiger partial charge in [-0.1, -0.05) is 30.3 Å². The predicted octanol–water partition coefficient (Wildman–Crippen LogP) is 3.80. The van der Waals surface area contributed by atoms with Gasteiger partial charge in [0.05, 0.1) is 23.4 Å². The number of likely N-dealkylation sites (N-methyl/N-ethyl adjacent to an activating group) is 1. The van der Waals surface area contributed by atoms with Crippen LogP contribution in [0.2, 0.25) is 0 Å². The van der Waals surface area contributed by atoms with Gasteiger partial charge in [0.25, 0.3) is 11.8 Å². The van der Waals surface area contributed by atoms with Crippen molar-refractivity contribution >= 4 is 29.2 Å². The zero-order valence-corrected chi connectivity index (χ0v) is 18.0. The number of hydrogen-bond acceptors (Lipinski definition) is 4. The van der Waals surface area contributed by atoms with Crippen molar-refractivity contribution in [3.63, 3.8) is 0 Å². The van der Waals surface area contributed by atoms with Gasteiger partial charge in [-0.3, -0.25) is 14.4 Å². The lowest BCUT2D eigenvalue weighted by molar-refractivity contribution is -0.116. The molecule has 0 unspecified atom stereocenters. The third kappa shape index (κ3) is 5.34. The molecule has 0 aliphatic heterocycles. The first-order valence-electron chi connectivity index (χ1n) is 9.90. The quantitative estimate of drug-likeness (QED) is 0.617. The van der Waals surface area contributed by atoms with Crippen molar-refractivity contribution in [1.82, 2.24) is 9.88 Å². The van der Waals surface area contributed by atoms with E-state index in [9.17, 15) is 18.8 Å². The maximum Gasteiger partial charge on any atom is 0.258 e. The number of nitrogens with zero attached hydrogens (tertiary/aromatic N) is 2. The molecule has 3 aromatic rings. The molecule has 0 saturated heterocycles. The van der Waals surface area contributed by atoms with Gasteiger partial charge in [-0.25, -0.2) is 9.37 Å². The molecule has 3 amide bonds. The van der Waals surface area contributed by atoms with Crippen LogP contribution in [0.4, 0.5) is 15.9 Å². The molecular formula is C24H23FN4O3. The summed E-state index contributed by atoms with van der Waals surface area (Å²) < 4.78 is 14.0. The average molecular weight is 434 g/mol. The molecule has 0 bridgehead atoms. The van der Waals surface area contributed by atoms with Crippen molar-refractivity contribution in [3.8, 4) is 0 Å². The highest BCUT2D eigenvalue weighted by Gasteiger charge is 2.21. The van der Waals surface area contributed by atoms with Crippen LogP contribution in [0.5, 0.6) is 0 Å². The van der Waals surface area contributed by atoms with E-state index in [1.165, 1.54) is 30.1 Å². The summed E-state index contributed by atoms with van der Waals surface area (Å²) in [5.74, 6) is -1.82. The van der Waals surface area contributed by atoms with Gasteiger partial charge >= 0.3 is 0 Å². The highest BCUT2D eigenvalue weighted by molar-refractivity contribution is 6.10. The first-order valence-corrected chi connectivity index (χ1v) is 9.90. The van der Waals surface area contributed by atoms with Gasteiger partial charge in [-0.05, 0) is 49.7 Å². The average Bonchev–Trinajstić information content (AvgIpc) is 2.74. The Morgan fingerprint density at radius 3 is 2.31 bits per heavy atom. The zero-order chi connectivity index (χ0) is 23.3. The first-order chi connectivity index (χ1) is 15.3. The predicted molar refractivity (Wildman–Crippen MR) is 120 cm³/mol. The van der Waals surface area contributed by atoms with Crippen LogP contribution in [0.3, 0.4) is 0 Å². The molecule has 0 saturated carbocycles. The molecule has 7 nitrogen and oxygen atoms in total. The van der Waals surface area contributed by atoms with Crippen molar-refractivity contribution in [2.24, 2.45) is 0 Å². The zero-order valence-electron chi connectivity index (χ0n) is 18.0. The molecule has 8 heteroatoms. The van der Waals surface area contributed by atoms with E-state index >= 15 is 0 Å². The fourth-order valence-corrected chi connectivity index (χ4v) is 3.13. The van der Waals surface area contributed by atoms with Gasteiger partial charge in [0, 0.05) is 12.7 Å². The number of hydrogen-bond donors (Lipinski definition) is 2. The molecule has 0 atom stereocenters. The minimum Gasteiger partial charge on any atom is -0.332 e. The van der Waals surface area contributed by atoms with Crippen LogP contribution < -0.4 is 10.6 Å². The van der Waals surface area contributed by atoms with Gasteiger partial charge in [-0.15, -0.1) is 0 Å².